The van der Waals surface area contributed by atoms with Crippen LogP contribution in [0.15, 0.2) is 48.7 Å². The standard InChI is InChI=1S/C19H12Cl4N2OS/c20-14-5-1-3-11(17(14)22)7-8-16(26)25-19-24-10-13(27-19)9-12-4-2-6-15(21)18(12)23/h1-8,10H,9H2,(H,24,25,26)/b8-7-. The number of halogens is 4. The van der Waals surface area contributed by atoms with E-state index in [1.165, 1.54) is 17.4 Å². The lowest BCUT2D eigenvalue weighted by Gasteiger charge is -2.03. The number of carbonyl (C=O) groups is 1. The van der Waals surface area contributed by atoms with E-state index in [1.54, 1.807) is 36.5 Å². The highest BCUT2D eigenvalue weighted by Crippen LogP contribution is 2.30. The van der Waals surface area contributed by atoms with E-state index in [-0.39, 0.29) is 5.91 Å². The molecule has 27 heavy (non-hydrogen) atoms. The van der Waals surface area contributed by atoms with Crippen LogP contribution in [-0.4, -0.2) is 10.9 Å². The van der Waals surface area contributed by atoms with E-state index in [1.807, 2.05) is 12.1 Å². The van der Waals surface area contributed by atoms with Gasteiger partial charge in [0.2, 0.25) is 5.91 Å². The molecule has 1 heterocycles. The molecule has 0 bridgehead atoms. The fourth-order valence-corrected chi connectivity index (χ4v) is 3.88. The van der Waals surface area contributed by atoms with Crippen molar-refractivity contribution in [1.82, 2.24) is 4.98 Å². The summed E-state index contributed by atoms with van der Waals surface area (Å²) in [6.07, 6.45) is 5.27. The number of rotatable bonds is 5. The second-order valence-electron chi connectivity index (χ2n) is 5.49. The van der Waals surface area contributed by atoms with Gasteiger partial charge in [-0.3, -0.25) is 10.1 Å². The maximum absolute atomic E-state index is 12.1. The van der Waals surface area contributed by atoms with Crippen LogP contribution < -0.4 is 5.32 Å². The average molecular weight is 458 g/mol. The van der Waals surface area contributed by atoms with E-state index in [9.17, 15) is 4.79 Å². The molecule has 3 rings (SSSR count). The van der Waals surface area contributed by atoms with Crippen molar-refractivity contribution in [1.29, 1.82) is 0 Å². The Bertz CT molecular complexity index is 1020. The molecular weight excluding hydrogens is 446 g/mol. The quantitative estimate of drug-likeness (QED) is 0.419. The molecule has 1 amide bonds. The molecule has 8 heteroatoms. The Morgan fingerprint density at radius 2 is 1.74 bits per heavy atom. The van der Waals surface area contributed by atoms with Crippen molar-refractivity contribution in [3.8, 4) is 0 Å². The molecule has 3 nitrogen and oxygen atoms in total. The number of nitrogens with one attached hydrogen (secondary N) is 1. The van der Waals surface area contributed by atoms with Crippen molar-refractivity contribution in [3.05, 3.63) is 84.8 Å². The summed E-state index contributed by atoms with van der Waals surface area (Å²) in [5, 5.41) is 5.09. The maximum Gasteiger partial charge on any atom is 0.250 e. The number of amides is 1. The van der Waals surface area contributed by atoms with Gasteiger partial charge in [-0.15, -0.1) is 11.3 Å². The minimum absolute atomic E-state index is 0.312. The van der Waals surface area contributed by atoms with E-state index in [2.05, 4.69) is 10.3 Å². The highest BCUT2D eigenvalue weighted by molar-refractivity contribution is 7.15. The van der Waals surface area contributed by atoms with Crippen molar-refractivity contribution < 1.29 is 4.79 Å². The topological polar surface area (TPSA) is 42.0 Å². The number of aromatic nitrogens is 1. The third kappa shape index (κ3) is 5.24. The molecule has 0 spiro atoms. The SMILES string of the molecule is O=C(/C=C\c1cccc(Cl)c1Cl)Nc1ncc(Cc2cccc(Cl)c2Cl)s1. The molecule has 1 aromatic heterocycles. The summed E-state index contributed by atoms with van der Waals surface area (Å²) in [7, 11) is 0. The van der Waals surface area contributed by atoms with E-state index in [0.29, 0.717) is 37.2 Å². The Morgan fingerprint density at radius 1 is 1.04 bits per heavy atom. The summed E-state index contributed by atoms with van der Waals surface area (Å²) in [4.78, 5) is 17.3. The normalized spacial score (nSPS) is 11.1. The minimum Gasteiger partial charge on any atom is -0.298 e. The number of benzene rings is 2. The molecule has 0 atom stereocenters. The predicted octanol–water partition coefficient (Wildman–Crippen LogP) is 7.00. The highest BCUT2D eigenvalue weighted by atomic mass is 35.5. The van der Waals surface area contributed by atoms with Gasteiger partial charge in [-0.2, -0.15) is 0 Å². The van der Waals surface area contributed by atoms with Crippen molar-refractivity contribution in [3.63, 3.8) is 0 Å². The van der Waals surface area contributed by atoms with Crippen LogP contribution in [0.25, 0.3) is 6.08 Å². The third-order valence-electron chi connectivity index (χ3n) is 3.58. The largest absolute Gasteiger partial charge is 0.298 e. The molecule has 138 valence electrons. The summed E-state index contributed by atoms with van der Waals surface area (Å²) in [6.45, 7) is 0. The minimum atomic E-state index is -0.312. The molecule has 0 saturated carbocycles. The van der Waals surface area contributed by atoms with E-state index >= 15 is 0 Å². The van der Waals surface area contributed by atoms with Crippen molar-refractivity contribution in [2.24, 2.45) is 0 Å². The Balaban J connectivity index is 1.65. The van der Waals surface area contributed by atoms with E-state index < -0.39 is 0 Å². The second kappa shape index (κ2) is 9.09. The highest BCUT2D eigenvalue weighted by Gasteiger charge is 2.09. The van der Waals surface area contributed by atoms with Crippen LogP contribution in [0, 0.1) is 0 Å². The fourth-order valence-electron chi connectivity index (χ4n) is 2.28. The average Bonchev–Trinajstić information content (AvgIpc) is 3.07. The first-order valence-corrected chi connectivity index (χ1v) is 10.1. The molecule has 0 unspecified atom stereocenters. The van der Waals surface area contributed by atoms with Gasteiger partial charge in [-0.25, -0.2) is 4.98 Å². The van der Waals surface area contributed by atoms with Gasteiger partial charge in [0.05, 0.1) is 20.1 Å². The zero-order chi connectivity index (χ0) is 19.4. The number of hydrogen-bond acceptors (Lipinski definition) is 3. The number of hydrogen-bond donors (Lipinski definition) is 1. The first-order valence-electron chi connectivity index (χ1n) is 7.74. The molecule has 0 radical (unpaired) electrons. The number of nitrogens with zero attached hydrogens (tertiary/aromatic N) is 1. The summed E-state index contributed by atoms with van der Waals surface area (Å²) < 4.78 is 0. The lowest BCUT2D eigenvalue weighted by molar-refractivity contribution is -0.111. The van der Waals surface area contributed by atoms with Gasteiger partial charge in [0.15, 0.2) is 5.13 Å². The monoisotopic (exact) mass is 456 g/mol. The zero-order valence-electron chi connectivity index (χ0n) is 13.7. The molecule has 0 saturated heterocycles. The van der Waals surface area contributed by atoms with Crippen LogP contribution in [0.3, 0.4) is 0 Å². The first kappa shape index (κ1) is 20.2. The van der Waals surface area contributed by atoms with Crippen molar-refractivity contribution in [2.75, 3.05) is 5.32 Å². The van der Waals surface area contributed by atoms with Gasteiger partial charge in [-0.05, 0) is 29.3 Å². The van der Waals surface area contributed by atoms with Gasteiger partial charge in [0.1, 0.15) is 0 Å². The van der Waals surface area contributed by atoms with Crippen LogP contribution >= 0.6 is 57.7 Å². The first-order chi connectivity index (χ1) is 12.9. The second-order valence-corrected chi connectivity index (χ2v) is 8.17. The Labute approximate surface area is 180 Å². The smallest absolute Gasteiger partial charge is 0.250 e. The summed E-state index contributed by atoms with van der Waals surface area (Å²) in [6, 6.07) is 10.7. The summed E-state index contributed by atoms with van der Waals surface area (Å²) >= 11 is 25.7. The summed E-state index contributed by atoms with van der Waals surface area (Å²) in [5.74, 6) is -0.312. The lowest BCUT2D eigenvalue weighted by atomic mass is 10.1. The number of thiazole rings is 1. The Kier molecular flexibility index (Phi) is 6.79. The van der Waals surface area contributed by atoms with E-state index in [0.717, 1.165) is 10.4 Å². The van der Waals surface area contributed by atoms with Gasteiger partial charge in [0.25, 0.3) is 0 Å². The lowest BCUT2D eigenvalue weighted by Crippen LogP contribution is -2.07. The number of carbonyl (C=O) groups excluding carboxylic acids is 1. The van der Waals surface area contributed by atoms with Crippen LogP contribution in [0.2, 0.25) is 20.1 Å². The molecule has 2 aromatic carbocycles. The maximum atomic E-state index is 12.1. The molecule has 0 aliphatic rings. The van der Waals surface area contributed by atoms with Gasteiger partial charge >= 0.3 is 0 Å². The van der Waals surface area contributed by atoms with Crippen LogP contribution in [0.1, 0.15) is 16.0 Å². The van der Waals surface area contributed by atoms with Crippen LogP contribution in [0.5, 0.6) is 0 Å². The predicted molar refractivity (Wildman–Crippen MR) is 116 cm³/mol. The fraction of sp³-hybridized carbons (Fsp3) is 0.0526. The van der Waals surface area contributed by atoms with Crippen LogP contribution in [-0.2, 0) is 11.2 Å². The Morgan fingerprint density at radius 3 is 2.52 bits per heavy atom. The van der Waals surface area contributed by atoms with Gasteiger partial charge < -0.3 is 0 Å². The molecule has 3 aromatic rings. The molecule has 0 aliphatic heterocycles. The van der Waals surface area contributed by atoms with E-state index in [4.69, 9.17) is 46.4 Å². The molecular formula is C19H12Cl4N2OS. The Hall–Kier alpha value is -1.56. The van der Waals surface area contributed by atoms with Gasteiger partial charge in [0, 0.05) is 23.6 Å². The third-order valence-corrected chi connectivity index (χ3v) is 6.18. The van der Waals surface area contributed by atoms with Crippen molar-refractivity contribution >= 4 is 74.9 Å². The zero-order valence-corrected chi connectivity index (χ0v) is 17.5. The van der Waals surface area contributed by atoms with Crippen LogP contribution in [0.4, 0.5) is 5.13 Å². The number of anilines is 1. The molecule has 0 aliphatic carbocycles. The van der Waals surface area contributed by atoms with Crippen molar-refractivity contribution in [2.45, 2.75) is 6.42 Å². The molecule has 0 fully saturated rings. The van der Waals surface area contributed by atoms with Gasteiger partial charge in [-0.1, -0.05) is 70.7 Å². The summed E-state index contributed by atoms with van der Waals surface area (Å²) in [5.41, 5.74) is 1.57. The molecule has 1 N–H and O–H groups in total.